The van der Waals surface area contributed by atoms with Crippen molar-refractivity contribution in [2.45, 2.75) is 72.3 Å². The van der Waals surface area contributed by atoms with Gasteiger partial charge in [-0.1, -0.05) is 19.8 Å². The molecule has 0 saturated heterocycles. The summed E-state index contributed by atoms with van der Waals surface area (Å²) in [6.07, 6.45) is 6.15. The van der Waals surface area contributed by atoms with Gasteiger partial charge in [0.05, 0.1) is 35.2 Å². The van der Waals surface area contributed by atoms with E-state index in [0.29, 0.717) is 19.1 Å². The van der Waals surface area contributed by atoms with Gasteiger partial charge in [0.25, 0.3) is 0 Å². The van der Waals surface area contributed by atoms with Gasteiger partial charge in [-0.25, -0.2) is 9.78 Å². The number of rotatable bonds is 13. The summed E-state index contributed by atoms with van der Waals surface area (Å²) in [6, 6.07) is 6.02. The molecule has 0 spiro atoms. The normalized spacial score (nSPS) is 12.7. The molecule has 2 aromatic heterocycles. The summed E-state index contributed by atoms with van der Waals surface area (Å²) in [5, 5.41) is 3.79. The number of fused-ring (bicyclic) bond motifs is 3. The molecule has 1 amide bonds. The van der Waals surface area contributed by atoms with Crippen LogP contribution in [0.5, 0.6) is 5.75 Å². The van der Waals surface area contributed by atoms with Crippen LogP contribution < -0.4 is 10.1 Å². The Bertz CT molecular complexity index is 1090. The third kappa shape index (κ3) is 8.38. The number of H-pyrrole nitrogens is 1. The highest BCUT2D eigenvalue weighted by molar-refractivity contribution is 6.03. The highest BCUT2D eigenvalue weighted by Gasteiger charge is 2.16. The Labute approximate surface area is 208 Å². The van der Waals surface area contributed by atoms with Crippen molar-refractivity contribution in [1.29, 1.82) is 0 Å². The molecular formula is C27H40N4O4. The van der Waals surface area contributed by atoms with Gasteiger partial charge in [-0.15, -0.1) is 0 Å². The summed E-state index contributed by atoms with van der Waals surface area (Å²) in [5.74, 6) is 1.20. The van der Waals surface area contributed by atoms with Crippen molar-refractivity contribution in [2.75, 3.05) is 26.4 Å². The lowest BCUT2D eigenvalue weighted by molar-refractivity contribution is 0.0527. The van der Waals surface area contributed by atoms with Crippen molar-refractivity contribution in [3.63, 3.8) is 0 Å². The molecule has 3 rings (SSSR count). The highest BCUT2D eigenvalue weighted by atomic mass is 16.6. The summed E-state index contributed by atoms with van der Waals surface area (Å²) in [7, 11) is 0. The number of ether oxygens (including phenoxy) is 3. The van der Waals surface area contributed by atoms with Crippen molar-refractivity contribution in [1.82, 2.24) is 20.3 Å². The van der Waals surface area contributed by atoms with Crippen LogP contribution in [0.15, 0.2) is 24.5 Å². The molecule has 0 radical (unpaired) electrons. The molecule has 0 aliphatic heterocycles. The standard InChI is InChI=1S/C27H40N4O4/c1-6-33-17-19(2)15-23-25-24(29-18-30-25)21-16-20(11-12-22(21)31-23)34-14-10-8-7-9-13-28-26(32)35-27(3,4)5/h11-12,16,18-19H,6-10,13-15,17H2,1-5H3,(H,28,32)(H,29,30). The number of aromatic amines is 1. The monoisotopic (exact) mass is 484 g/mol. The first-order valence-corrected chi connectivity index (χ1v) is 12.7. The average molecular weight is 485 g/mol. The minimum atomic E-state index is -0.465. The topological polar surface area (TPSA) is 98.4 Å². The molecule has 192 valence electrons. The van der Waals surface area contributed by atoms with Crippen LogP contribution in [-0.4, -0.2) is 53.0 Å². The van der Waals surface area contributed by atoms with Gasteiger partial charge in [-0.3, -0.25) is 4.98 Å². The van der Waals surface area contributed by atoms with Crippen molar-refractivity contribution in [3.8, 4) is 5.75 Å². The molecule has 2 heterocycles. The largest absolute Gasteiger partial charge is 0.494 e. The number of benzene rings is 1. The number of carbonyl (C=O) groups is 1. The molecule has 8 nitrogen and oxygen atoms in total. The smallest absolute Gasteiger partial charge is 0.407 e. The number of nitrogens with zero attached hydrogens (tertiary/aromatic N) is 2. The van der Waals surface area contributed by atoms with E-state index in [-0.39, 0.29) is 6.09 Å². The third-order valence-electron chi connectivity index (χ3n) is 5.56. The number of nitrogens with one attached hydrogen (secondary N) is 2. The van der Waals surface area contributed by atoms with Crippen LogP contribution in [0.1, 0.15) is 66.0 Å². The van der Waals surface area contributed by atoms with Crippen LogP contribution >= 0.6 is 0 Å². The second-order valence-corrected chi connectivity index (χ2v) is 10.0. The van der Waals surface area contributed by atoms with Crippen molar-refractivity contribution >= 4 is 28.0 Å². The number of pyridine rings is 1. The van der Waals surface area contributed by atoms with E-state index in [1.54, 1.807) is 6.33 Å². The van der Waals surface area contributed by atoms with Crippen LogP contribution in [0.25, 0.3) is 21.9 Å². The first-order valence-electron chi connectivity index (χ1n) is 12.7. The molecule has 3 aromatic rings. The fourth-order valence-corrected chi connectivity index (χ4v) is 3.94. The molecule has 0 aliphatic carbocycles. The molecule has 0 fully saturated rings. The lowest BCUT2D eigenvalue weighted by Crippen LogP contribution is -2.32. The van der Waals surface area contributed by atoms with Crippen LogP contribution in [0.3, 0.4) is 0 Å². The fraction of sp³-hybridized carbons (Fsp3) is 0.593. The van der Waals surface area contributed by atoms with E-state index in [0.717, 1.165) is 78.7 Å². The molecular weight excluding hydrogens is 444 g/mol. The molecule has 1 unspecified atom stereocenters. The number of alkyl carbamates (subject to hydrolysis) is 1. The van der Waals surface area contributed by atoms with Crippen molar-refractivity contribution < 1.29 is 19.0 Å². The quantitative estimate of drug-likeness (QED) is 0.298. The van der Waals surface area contributed by atoms with Gasteiger partial charge in [0.1, 0.15) is 11.4 Å². The number of amides is 1. The number of hydrogen-bond donors (Lipinski definition) is 2. The van der Waals surface area contributed by atoms with E-state index in [1.807, 2.05) is 45.9 Å². The maximum atomic E-state index is 11.6. The van der Waals surface area contributed by atoms with Crippen LogP contribution in [0.2, 0.25) is 0 Å². The molecule has 0 saturated carbocycles. The molecule has 1 atom stereocenters. The zero-order chi connectivity index (χ0) is 25.3. The van der Waals surface area contributed by atoms with Gasteiger partial charge >= 0.3 is 6.09 Å². The predicted octanol–water partition coefficient (Wildman–Crippen LogP) is 5.79. The summed E-state index contributed by atoms with van der Waals surface area (Å²) >= 11 is 0. The Morgan fingerprint density at radius 1 is 1.17 bits per heavy atom. The van der Waals surface area contributed by atoms with Gasteiger partial charge < -0.3 is 24.5 Å². The molecule has 0 aliphatic rings. The summed E-state index contributed by atoms with van der Waals surface area (Å²) in [4.78, 5) is 24.4. The third-order valence-corrected chi connectivity index (χ3v) is 5.56. The average Bonchev–Trinajstić information content (AvgIpc) is 3.29. The van der Waals surface area contributed by atoms with Crippen LogP contribution in [0.4, 0.5) is 4.79 Å². The van der Waals surface area contributed by atoms with Gasteiger partial charge in [-0.2, -0.15) is 0 Å². The maximum Gasteiger partial charge on any atom is 0.407 e. The van der Waals surface area contributed by atoms with Crippen molar-refractivity contribution in [3.05, 3.63) is 30.2 Å². The maximum absolute atomic E-state index is 11.6. The molecule has 35 heavy (non-hydrogen) atoms. The van der Waals surface area contributed by atoms with Gasteiger partial charge in [0.15, 0.2) is 0 Å². The summed E-state index contributed by atoms with van der Waals surface area (Å²) < 4.78 is 16.8. The van der Waals surface area contributed by atoms with E-state index in [9.17, 15) is 4.79 Å². The van der Waals surface area contributed by atoms with Crippen LogP contribution in [-0.2, 0) is 15.9 Å². The number of unbranched alkanes of at least 4 members (excludes halogenated alkanes) is 3. The number of aromatic nitrogens is 3. The number of hydrogen-bond acceptors (Lipinski definition) is 6. The van der Waals surface area contributed by atoms with E-state index in [2.05, 4.69) is 22.2 Å². The Morgan fingerprint density at radius 2 is 1.97 bits per heavy atom. The Kier molecular flexibility index (Phi) is 9.72. The Hall–Kier alpha value is -2.87. The second kappa shape index (κ2) is 12.7. The SMILES string of the molecule is CCOCC(C)Cc1nc2ccc(OCCCCCCNC(=O)OC(C)(C)C)cc2c2nc[nH]c12. The first-order chi connectivity index (χ1) is 16.8. The molecule has 0 bridgehead atoms. The summed E-state index contributed by atoms with van der Waals surface area (Å²) in [6.45, 7) is 12.5. The molecule has 2 N–H and O–H groups in total. The van der Waals surface area contributed by atoms with Crippen molar-refractivity contribution in [2.24, 2.45) is 5.92 Å². The predicted molar refractivity (Wildman–Crippen MR) is 139 cm³/mol. The van der Waals surface area contributed by atoms with E-state index in [1.165, 1.54) is 0 Å². The molecule has 1 aromatic carbocycles. The van der Waals surface area contributed by atoms with Crippen LogP contribution in [0, 0.1) is 5.92 Å². The highest BCUT2D eigenvalue weighted by Crippen LogP contribution is 2.28. The summed E-state index contributed by atoms with van der Waals surface area (Å²) in [5.41, 5.74) is 3.39. The van der Waals surface area contributed by atoms with Gasteiger partial charge in [-0.05, 0) is 71.1 Å². The zero-order valence-electron chi connectivity index (χ0n) is 21.8. The fourth-order valence-electron chi connectivity index (χ4n) is 3.94. The van der Waals surface area contributed by atoms with Gasteiger partial charge in [0, 0.05) is 25.1 Å². The lowest BCUT2D eigenvalue weighted by Gasteiger charge is -2.19. The minimum Gasteiger partial charge on any atom is -0.494 e. The number of imidazole rings is 1. The van der Waals surface area contributed by atoms with E-state index < -0.39 is 5.60 Å². The second-order valence-electron chi connectivity index (χ2n) is 10.0. The lowest BCUT2D eigenvalue weighted by atomic mass is 10.0. The first kappa shape index (κ1) is 26.7. The number of carbonyl (C=O) groups excluding carboxylic acids is 1. The Balaban J connectivity index is 1.47. The van der Waals surface area contributed by atoms with Gasteiger partial charge in [0.2, 0.25) is 0 Å². The van der Waals surface area contributed by atoms with E-state index >= 15 is 0 Å². The molecule has 8 heteroatoms. The van der Waals surface area contributed by atoms with E-state index in [4.69, 9.17) is 19.2 Å². The Morgan fingerprint density at radius 3 is 2.74 bits per heavy atom. The zero-order valence-corrected chi connectivity index (χ0v) is 21.8. The minimum absolute atomic E-state index is 0.357.